The van der Waals surface area contributed by atoms with Crippen molar-refractivity contribution in [1.82, 2.24) is 20.9 Å². The summed E-state index contributed by atoms with van der Waals surface area (Å²) in [5, 5.41) is 9.38. The fraction of sp³-hybridized carbons (Fsp3) is 0.440. The van der Waals surface area contributed by atoms with Gasteiger partial charge < -0.3 is 20.7 Å². The fourth-order valence-electron chi connectivity index (χ4n) is 3.69. The Morgan fingerprint density at radius 1 is 1.03 bits per heavy atom. The first-order valence-corrected chi connectivity index (χ1v) is 11.4. The van der Waals surface area contributed by atoms with Crippen molar-refractivity contribution in [2.45, 2.75) is 26.4 Å². The largest absolute Gasteiger partial charge is 0.379 e. The third-order valence-electron chi connectivity index (χ3n) is 5.39. The number of benzene rings is 2. The maximum absolute atomic E-state index is 11.8. The molecule has 0 saturated carbocycles. The van der Waals surface area contributed by atoms with Gasteiger partial charge in [-0.1, -0.05) is 36.4 Å². The first kappa shape index (κ1) is 23.8. The Kier molecular flexibility index (Phi) is 9.53. The fourth-order valence-corrected chi connectivity index (χ4v) is 3.69. The molecule has 2 aromatic carbocycles. The van der Waals surface area contributed by atoms with E-state index in [1.54, 1.807) is 7.05 Å². The van der Waals surface area contributed by atoms with Crippen LogP contribution < -0.4 is 16.0 Å². The standard InChI is InChI=1S/C25H35N5O2/c1-3-27-25(28-11-10-20-6-5-9-23(17-20)24(31)26-2)29-18-21-7-4-8-22(16-21)19-30-12-14-32-15-13-30/h4-9,16-17H,3,10-15,18-19H2,1-2H3,(H,26,31)(H2,27,28,29). The Hall–Kier alpha value is -2.90. The van der Waals surface area contributed by atoms with Gasteiger partial charge in [-0.25, -0.2) is 4.99 Å². The quantitative estimate of drug-likeness (QED) is 0.414. The molecule has 172 valence electrons. The van der Waals surface area contributed by atoms with Crippen LogP contribution >= 0.6 is 0 Å². The Balaban J connectivity index is 1.53. The van der Waals surface area contributed by atoms with Crippen LogP contribution in [0.4, 0.5) is 0 Å². The molecule has 7 nitrogen and oxygen atoms in total. The Bertz CT molecular complexity index is 893. The van der Waals surface area contributed by atoms with E-state index in [9.17, 15) is 4.79 Å². The molecule has 1 aliphatic heterocycles. The lowest BCUT2D eigenvalue weighted by molar-refractivity contribution is 0.0342. The molecule has 0 bridgehead atoms. The summed E-state index contributed by atoms with van der Waals surface area (Å²) in [6.07, 6.45) is 0.810. The van der Waals surface area contributed by atoms with Crippen molar-refractivity contribution in [3.05, 3.63) is 70.8 Å². The summed E-state index contributed by atoms with van der Waals surface area (Å²) in [5.74, 6) is 0.735. The van der Waals surface area contributed by atoms with Crippen LogP contribution in [0.25, 0.3) is 0 Å². The van der Waals surface area contributed by atoms with Gasteiger partial charge in [0.2, 0.25) is 0 Å². The van der Waals surface area contributed by atoms with Gasteiger partial charge in [-0.3, -0.25) is 9.69 Å². The summed E-state index contributed by atoms with van der Waals surface area (Å²) < 4.78 is 5.44. The number of hydrogen-bond donors (Lipinski definition) is 3. The molecule has 1 saturated heterocycles. The number of guanidine groups is 1. The van der Waals surface area contributed by atoms with Crippen molar-refractivity contribution in [3.8, 4) is 0 Å². The molecule has 0 unspecified atom stereocenters. The maximum Gasteiger partial charge on any atom is 0.251 e. The molecule has 0 spiro atoms. The minimum Gasteiger partial charge on any atom is -0.379 e. The molecule has 1 amide bonds. The lowest BCUT2D eigenvalue weighted by Crippen LogP contribution is -2.38. The molecule has 7 heteroatoms. The van der Waals surface area contributed by atoms with Crippen molar-refractivity contribution in [3.63, 3.8) is 0 Å². The first-order valence-electron chi connectivity index (χ1n) is 11.4. The van der Waals surface area contributed by atoms with Gasteiger partial charge in [0.25, 0.3) is 5.91 Å². The highest BCUT2D eigenvalue weighted by molar-refractivity contribution is 5.94. The van der Waals surface area contributed by atoms with Crippen molar-refractivity contribution in [1.29, 1.82) is 0 Å². The third kappa shape index (κ3) is 7.66. The van der Waals surface area contributed by atoms with Crippen molar-refractivity contribution >= 4 is 11.9 Å². The Morgan fingerprint density at radius 2 is 1.78 bits per heavy atom. The molecule has 2 aromatic rings. The Labute approximate surface area is 191 Å². The van der Waals surface area contributed by atoms with Gasteiger partial charge >= 0.3 is 0 Å². The second-order valence-corrected chi connectivity index (χ2v) is 7.86. The smallest absolute Gasteiger partial charge is 0.251 e. The second-order valence-electron chi connectivity index (χ2n) is 7.86. The summed E-state index contributed by atoms with van der Waals surface area (Å²) in [6.45, 7) is 8.79. The van der Waals surface area contributed by atoms with Gasteiger partial charge in [0.05, 0.1) is 19.8 Å². The van der Waals surface area contributed by atoms with Crippen LogP contribution in [0.2, 0.25) is 0 Å². The lowest BCUT2D eigenvalue weighted by Gasteiger charge is -2.26. The van der Waals surface area contributed by atoms with Crippen LogP contribution in [-0.4, -0.2) is 63.2 Å². The van der Waals surface area contributed by atoms with Gasteiger partial charge in [-0.2, -0.15) is 0 Å². The number of nitrogens with zero attached hydrogens (tertiary/aromatic N) is 2. The number of rotatable bonds is 9. The highest BCUT2D eigenvalue weighted by Crippen LogP contribution is 2.11. The van der Waals surface area contributed by atoms with E-state index in [1.807, 2.05) is 24.3 Å². The van der Waals surface area contributed by atoms with Gasteiger partial charge in [-0.05, 0) is 42.2 Å². The van der Waals surface area contributed by atoms with Gasteiger partial charge in [-0.15, -0.1) is 0 Å². The predicted octanol–water partition coefficient (Wildman–Crippen LogP) is 2.18. The van der Waals surface area contributed by atoms with Gasteiger partial charge in [0.1, 0.15) is 0 Å². The van der Waals surface area contributed by atoms with Crippen LogP contribution in [0.1, 0.15) is 34.0 Å². The van der Waals surface area contributed by atoms with Crippen LogP contribution in [0, 0.1) is 0 Å². The third-order valence-corrected chi connectivity index (χ3v) is 5.39. The summed E-state index contributed by atoms with van der Waals surface area (Å²) in [6, 6.07) is 16.4. The number of amides is 1. The van der Waals surface area contributed by atoms with Crippen LogP contribution in [-0.2, 0) is 24.2 Å². The van der Waals surface area contributed by atoms with E-state index < -0.39 is 0 Å². The molecular weight excluding hydrogens is 402 g/mol. The molecule has 1 aliphatic rings. The van der Waals surface area contributed by atoms with E-state index >= 15 is 0 Å². The molecule has 0 aromatic heterocycles. The van der Waals surface area contributed by atoms with Gasteiger partial charge in [0.15, 0.2) is 5.96 Å². The van der Waals surface area contributed by atoms with Crippen LogP contribution in [0.3, 0.4) is 0 Å². The van der Waals surface area contributed by atoms with E-state index in [0.29, 0.717) is 12.1 Å². The highest BCUT2D eigenvalue weighted by atomic mass is 16.5. The maximum atomic E-state index is 11.8. The lowest BCUT2D eigenvalue weighted by atomic mass is 10.1. The zero-order valence-corrected chi connectivity index (χ0v) is 19.2. The summed E-state index contributed by atoms with van der Waals surface area (Å²) >= 11 is 0. The highest BCUT2D eigenvalue weighted by Gasteiger charge is 2.11. The molecule has 0 radical (unpaired) electrons. The van der Waals surface area contributed by atoms with Crippen molar-refractivity contribution < 1.29 is 9.53 Å². The molecule has 1 fully saturated rings. The van der Waals surface area contributed by atoms with Crippen LogP contribution in [0.5, 0.6) is 0 Å². The van der Waals surface area contributed by atoms with E-state index in [4.69, 9.17) is 9.73 Å². The number of carbonyl (C=O) groups excluding carboxylic acids is 1. The molecule has 0 aliphatic carbocycles. The van der Waals surface area contributed by atoms with E-state index in [-0.39, 0.29) is 5.91 Å². The number of hydrogen-bond acceptors (Lipinski definition) is 4. The van der Waals surface area contributed by atoms with E-state index in [1.165, 1.54) is 11.1 Å². The zero-order chi connectivity index (χ0) is 22.6. The Morgan fingerprint density at radius 3 is 2.56 bits per heavy atom. The predicted molar refractivity (Wildman–Crippen MR) is 129 cm³/mol. The van der Waals surface area contributed by atoms with E-state index in [0.717, 1.165) is 63.9 Å². The topological polar surface area (TPSA) is 78.0 Å². The minimum atomic E-state index is -0.0643. The molecule has 32 heavy (non-hydrogen) atoms. The summed E-state index contributed by atoms with van der Waals surface area (Å²) in [5.41, 5.74) is 4.31. The second kappa shape index (κ2) is 12.8. The molecule has 3 rings (SSSR count). The van der Waals surface area contributed by atoms with Crippen LogP contribution in [0.15, 0.2) is 53.5 Å². The van der Waals surface area contributed by atoms with Crippen molar-refractivity contribution in [2.75, 3.05) is 46.4 Å². The normalized spacial score (nSPS) is 14.8. The number of carbonyl (C=O) groups is 1. The SMILES string of the molecule is CCNC(=NCc1cccc(CN2CCOCC2)c1)NCCc1cccc(C(=O)NC)c1. The molecule has 0 atom stereocenters. The average Bonchev–Trinajstić information content (AvgIpc) is 2.83. The number of nitrogens with one attached hydrogen (secondary N) is 3. The monoisotopic (exact) mass is 437 g/mol. The first-order chi connectivity index (χ1) is 15.7. The average molecular weight is 438 g/mol. The molecular formula is C25H35N5O2. The summed E-state index contributed by atoms with van der Waals surface area (Å²) in [4.78, 5) is 19.0. The number of aliphatic imine (C=N–C) groups is 1. The number of ether oxygens (including phenoxy) is 1. The number of morpholine rings is 1. The molecule has 1 heterocycles. The van der Waals surface area contributed by atoms with E-state index in [2.05, 4.69) is 52.0 Å². The van der Waals surface area contributed by atoms with Crippen molar-refractivity contribution in [2.24, 2.45) is 4.99 Å². The molecule has 3 N–H and O–H groups in total. The minimum absolute atomic E-state index is 0.0643. The summed E-state index contributed by atoms with van der Waals surface area (Å²) in [7, 11) is 1.65. The van der Waals surface area contributed by atoms with Gasteiger partial charge in [0, 0.05) is 45.3 Å². The zero-order valence-electron chi connectivity index (χ0n) is 19.2.